The molecule has 0 radical (unpaired) electrons. The first-order valence-electron chi connectivity index (χ1n) is 6.86. The van der Waals surface area contributed by atoms with E-state index in [0.717, 1.165) is 18.7 Å². The maximum atomic E-state index is 12.2. The molecule has 110 valence electrons. The molecular formula is C16H17NO3S. The SMILES string of the molecule is COc1ccc(OCC(=O)N2CCc3sccc3C2)cc1. The number of ether oxygens (including phenoxy) is 2. The minimum atomic E-state index is 0.0302. The molecule has 21 heavy (non-hydrogen) atoms. The highest BCUT2D eigenvalue weighted by Gasteiger charge is 2.21. The summed E-state index contributed by atoms with van der Waals surface area (Å²) in [6.07, 6.45) is 0.946. The zero-order chi connectivity index (χ0) is 14.7. The Hall–Kier alpha value is -2.01. The Kier molecular flexibility index (Phi) is 4.10. The number of hydrogen-bond acceptors (Lipinski definition) is 4. The molecule has 0 unspecified atom stereocenters. The third kappa shape index (κ3) is 3.19. The summed E-state index contributed by atoms with van der Waals surface area (Å²) in [7, 11) is 1.62. The third-order valence-corrected chi connectivity index (χ3v) is 4.61. The van der Waals surface area contributed by atoms with E-state index in [1.807, 2.05) is 17.0 Å². The maximum Gasteiger partial charge on any atom is 0.260 e. The Bertz CT molecular complexity index is 621. The quantitative estimate of drug-likeness (QED) is 0.872. The van der Waals surface area contributed by atoms with Gasteiger partial charge in [-0.2, -0.15) is 0 Å². The first kappa shape index (κ1) is 13.9. The number of thiophene rings is 1. The van der Waals surface area contributed by atoms with Gasteiger partial charge in [0.15, 0.2) is 6.61 Å². The van der Waals surface area contributed by atoms with Crippen molar-refractivity contribution in [3.05, 3.63) is 46.2 Å². The fourth-order valence-corrected chi connectivity index (χ4v) is 3.26. The van der Waals surface area contributed by atoms with Gasteiger partial charge < -0.3 is 14.4 Å². The predicted molar refractivity (Wildman–Crippen MR) is 81.9 cm³/mol. The van der Waals surface area contributed by atoms with E-state index >= 15 is 0 Å². The Morgan fingerprint density at radius 1 is 1.24 bits per heavy atom. The van der Waals surface area contributed by atoms with Crippen LogP contribution in [0.4, 0.5) is 0 Å². The molecule has 0 N–H and O–H groups in total. The number of carbonyl (C=O) groups is 1. The van der Waals surface area contributed by atoms with Crippen LogP contribution in [0, 0.1) is 0 Å². The number of rotatable bonds is 4. The zero-order valence-corrected chi connectivity index (χ0v) is 12.7. The van der Waals surface area contributed by atoms with Crippen LogP contribution in [-0.2, 0) is 17.8 Å². The smallest absolute Gasteiger partial charge is 0.260 e. The molecule has 3 rings (SSSR count). The molecule has 1 amide bonds. The summed E-state index contributed by atoms with van der Waals surface area (Å²) in [5.41, 5.74) is 1.27. The van der Waals surface area contributed by atoms with Gasteiger partial charge in [0.05, 0.1) is 7.11 Å². The highest BCUT2D eigenvalue weighted by Crippen LogP contribution is 2.24. The van der Waals surface area contributed by atoms with Crippen molar-refractivity contribution in [2.24, 2.45) is 0 Å². The van der Waals surface area contributed by atoms with Crippen molar-refractivity contribution < 1.29 is 14.3 Å². The van der Waals surface area contributed by atoms with Crippen LogP contribution in [0.2, 0.25) is 0 Å². The zero-order valence-electron chi connectivity index (χ0n) is 11.9. The van der Waals surface area contributed by atoms with Crippen molar-refractivity contribution in [1.29, 1.82) is 0 Å². The second-order valence-electron chi connectivity index (χ2n) is 4.90. The summed E-state index contributed by atoms with van der Waals surface area (Å²) in [6.45, 7) is 1.55. The van der Waals surface area contributed by atoms with E-state index in [4.69, 9.17) is 9.47 Å². The monoisotopic (exact) mass is 303 g/mol. The minimum absolute atomic E-state index is 0.0302. The molecule has 1 aliphatic heterocycles. The standard InChI is InChI=1S/C16H17NO3S/c1-19-13-2-4-14(5-3-13)20-11-16(18)17-8-6-15-12(10-17)7-9-21-15/h2-5,7,9H,6,8,10-11H2,1H3. The number of carbonyl (C=O) groups excluding carboxylic acids is 1. The molecule has 0 saturated heterocycles. The summed E-state index contributed by atoms with van der Waals surface area (Å²) in [5.74, 6) is 1.48. The molecule has 0 saturated carbocycles. The molecule has 2 heterocycles. The first-order valence-corrected chi connectivity index (χ1v) is 7.74. The van der Waals surface area contributed by atoms with E-state index in [2.05, 4.69) is 11.4 Å². The minimum Gasteiger partial charge on any atom is -0.497 e. The Morgan fingerprint density at radius 3 is 2.76 bits per heavy atom. The Morgan fingerprint density at radius 2 is 2.00 bits per heavy atom. The lowest BCUT2D eigenvalue weighted by Crippen LogP contribution is -2.38. The van der Waals surface area contributed by atoms with Gasteiger partial charge in [-0.05, 0) is 47.7 Å². The highest BCUT2D eigenvalue weighted by molar-refractivity contribution is 7.10. The molecule has 0 bridgehead atoms. The van der Waals surface area contributed by atoms with Crippen molar-refractivity contribution in [2.75, 3.05) is 20.3 Å². The fourth-order valence-electron chi connectivity index (χ4n) is 2.37. The number of hydrogen-bond donors (Lipinski definition) is 0. The average Bonchev–Trinajstić information content (AvgIpc) is 3.00. The topological polar surface area (TPSA) is 38.8 Å². The predicted octanol–water partition coefficient (Wildman–Crippen LogP) is 2.72. The fraction of sp³-hybridized carbons (Fsp3) is 0.312. The van der Waals surface area contributed by atoms with Crippen LogP contribution in [0.1, 0.15) is 10.4 Å². The second-order valence-corrected chi connectivity index (χ2v) is 5.90. The largest absolute Gasteiger partial charge is 0.497 e. The van der Waals surface area contributed by atoms with Gasteiger partial charge in [-0.3, -0.25) is 4.79 Å². The first-order chi connectivity index (χ1) is 10.3. The molecule has 0 spiro atoms. The van der Waals surface area contributed by atoms with Crippen LogP contribution in [0.25, 0.3) is 0 Å². The van der Waals surface area contributed by atoms with Gasteiger partial charge in [0, 0.05) is 18.0 Å². The van der Waals surface area contributed by atoms with Crippen LogP contribution < -0.4 is 9.47 Å². The third-order valence-electron chi connectivity index (χ3n) is 3.58. The molecule has 1 aromatic carbocycles. The van der Waals surface area contributed by atoms with Gasteiger partial charge in [-0.15, -0.1) is 11.3 Å². The molecule has 1 aromatic heterocycles. The number of fused-ring (bicyclic) bond motifs is 1. The molecule has 0 atom stereocenters. The van der Waals surface area contributed by atoms with Crippen LogP contribution >= 0.6 is 11.3 Å². The lowest BCUT2D eigenvalue weighted by molar-refractivity contribution is -0.134. The van der Waals surface area contributed by atoms with Gasteiger partial charge >= 0.3 is 0 Å². The van der Waals surface area contributed by atoms with Crippen LogP contribution in [0.5, 0.6) is 11.5 Å². The van der Waals surface area contributed by atoms with E-state index in [-0.39, 0.29) is 12.5 Å². The Labute approximate surface area is 127 Å². The Balaban J connectivity index is 1.54. The molecule has 5 heteroatoms. The van der Waals surface area contributed by atoms with E-state index < -0.39 is 0 Å². The molecule has 1 aliphatic rings. The van der Waals surface area contributed by atoms with Crippen LogP contribution in [-0.4, -0.2) is 31.1 Å². The molecular weight excluding hydrogens is 286 g/mol. The number of nitrogens with zero attached hydrogens (tertiary/aromatic N) is 1. The normalized spacial score (nSPS) is 13.7. The molecule has 0 fully saturated rings. The lowest BCUT2D eigenvalue weighted by atomic mass is 10.1. The number of benzene rings is 1. The second kappa shape index (κ2) is 6.18. The van der Waals surface area contributed by atoms with Gasteiger partial charge in [-0.25, -0.2) is 0 Å². The van der Waals surface area contributed by atoms with Crippen LogP contribution in [0.15, 0.2) is 35.7 Å². The van der Waals surface area contributed by atoms with Crippen molar-refractivity contribution in [3.63, 3.8) is 0 Å². The summed E-state index contributed by atoms with van der Waals surface area (Å²) in [4.78, 5) is 15.5. The summed E-state index contributed by atoms with van der Waals surface area (Å²) in [5, 5.41) is 2.09. The van der Waals surface area contributed by atoms with Crippen molar-refractivity contribution >= 4 is 17.2 Å². The highest BCUT2D eigenvalue weighted by atomic mass is 32.1. The summed E-state index contributed by atoms with van der Waals surface area (Å²) < 4.78 is 10.6. The molecule has 0 aliphatic carbocycles. The van der Waals surface area contributed by atoms with Gasteiger partial charge in [0.25, 0.3) is 5.91 Å². The van der Waals surface area contributed by atoms with E-state index in [9.17, 15) is 4.79 Å². The molecule has 2 aromatic rings. The van der Waals surface area contributed by atoms with E-state index in [1.54, 1.807) is 30.6 Å². The lowest BCUT2D eigenvalue weighted by Gasteiger charge is -2.26. The summed E-state index contributed by atoms with van der Waals surface area (Å²) >= 11 is 1.77. The number of methoxy groups -OCH3 is 1. The van der Waals surface area contributed by atoms with Crippen molar-refractivity contribution in [2.45, 2.75) is 13.0 Å². The maximum absolute atomic E-state index is 12.2. The van der Waals surface area contributed by atoms with E-state index in [0.29, 0.717) is 12.3 Å². The number of amides is 1. The van der Waals surface area contributed by atoms with E-state index in [1.165, 1.54) is 10.4 Å². The average molecular weight is 303 g/mol. The van der Waals surface area contributed by atoms with Crippen LogP contribution in [0.3, 0.4) is 0 Å². The van der Waals surface area contributed by atoms with Gasteiger partial charge in [0.1, 0.15) is 11.5 Å². The van der Waals surface area contributed by atoms with Gasteiger partial charge in [-0.1, -0.05) is 0 Å². The van der Waals surface area contributed by atoms with Gasteiger partial charge in [0.2, 0.25) is 0 Å². The molecule has 4 nitrogen and oxygen atoms in total. The van der Waals surface area contributed by atoms with Crippen molar-refractivity contribution in [1.82, 2.24) is 4.90 Å². The summed E-state index contributed by atoms with van der Waals surface area (Å²) in [6, 6.07) is 9.35. The van der Waals surface area contributed by atoms with Crippen molar-refractivity contribution in [3.8, 4) is 11.5 Å².